The van der Waals surface area contributed by atoms with Crippen LogP contribution in [-0.2, 0) is 11.2 Å². The molecule has 1 aromatic carbocycles. The number of aromatic amines is 1. The molecule has 0 saturated heterocycles. The molecule has 0 spiro atoms. The Morgan fingerprint density at radius 3 is 2.38 bits per heavy atom. The first kappa shape index (κ1) is 15.9. The second kappa shape index (κ2) is 7.08. The van der Waals surface area contributed by atoms with Gasteiger partial charge in [0.25, 0.3) is 0 Å². The van der Waals surface area contributed by atoms with E-state index in [1.54, 1.807) is 12.4 Å². The van der Waals surface area contributed by atoms with Crippen LogP contribution in [0.2, 0.25) is 0 Å². The fourth-order valence-corrected chi connectivity index (χ4v) is 2.77. The van der Waals surface area contributed by atoms with Gasteiger partial charge >= 0.3 is 0 Å². The van der Waals surface area contributed by atoms with E-state index >= 15 is 0 Å². The molecular formula is C19H20N4O. The van der Waals surface area contributed by atoms with E-state index in [0.717, 1.165) is 28.1 Å². The smallest absolute Gasteiger partial charge is 0.225 e. The zero-order valence-electron chi connectivity index (χ0n) is 13.8. The fraction of sp³-hybridized carbons (Fsp3) is 0.211. The molecule has 0 aliphatic carbocycles. The second-order valence-electron chi connectivity index (χ2n) is 5.78. The quantitative estimate of drug-likeness (QED) is 0.759. The summed E-state index contributed by atoms with van der Waals surface area (Å²) in [4.78, 5) is 16.7. The lowest BCUT2D eigenvalue weighted by Gasteiger charge is -2.20. The normalized spacial score (nSPS) is 11.9. The highest BCUT2D eigenvalue weighted by atomic mass is 16.1. The minimum absolute atomic E-state index is 0.0340. The molecular weight excluding hydrogens is 300 g/mol. The number of amides is 1. The topological polar surface area (TPSA) is 70.7 Å². The molecule has 3 rings (SSSR count). The number of carbonyl (C=O) groups excluding carboxylic acids is 1. The Kier molecular flexibility index (Phi) is 4.70. The molecule has 0 bridgehead atoms. The molecule has 0 radical (unpaired) electrons. The molecule has 5 heteroatoms. The van der Waals surface area contributed by atoms with Gasteiger partial charge in [0.15, 0.2) is 0 Å². The summed E-state index contributed by atoms with van der Waals surface area (Å²) in [6.45, 7) is 3.84. The van der Waals surface area contributed by atoms with Gasteiger partial charge in [0.1, 0.15) is 0 Å². The zero-order valence-corrected chi connectivity index (χ0v) is 13.8. The van der Waals surface area contributed by atoms with Gasteiger partial charge in [0, 0.05) is 23.7 Å². The van der Waals surface area contributed by atoms with Crippen LogP contribution in [0.25, 0.3) is 0 Å². The van der Waals surface area contributed by atoms with Crippen molar-refractivity contribution < 1.29 is 4.79 Å². The second-order valence-corrected chi connectivity index (χ2v) is 5.78. The molecule has 5 nitrogen and oxygen atoms in total. The summed E-state index contributed by atoms with van der Waals surface area (Å²) in [5.41, 5.74) is 4.79. The first-order chi connectivity index (χ1) is 11.6. The molecule has 1 atom stereocenters. The van der Waals surface area contributed by atoms with Crippen molar-refractivity contribution in [3.63, 3.8) is 0 Å². The van der Waals surface area contributed by atoms with E-state index in [0.29, 0.717) is 6.42 Å². The van der Waals surface area contributed by atoms with Crippen molar-refractivity contribution in [2.45, 2.75) is 26.3 Å². The van der Waals surface area contributed by atoms with Crippen molar-refractivity contribution in [1.82, 2.24) is 20.5 Å². The maximum absolute atomic E-state index is 12.6. The van der Waals surface area contributed by atoms with Crippen molar-refractivity contribution in [3.8, 4) is 0 Å². The number of H-pyrrole nitrogens is 1. The summed E-state index contributed by atoms with van der Waals surface area (Å²) in [5.74, 6) is -0.0340. The molecule has 0 saturated carbocycles. The van der Waals surface area contributed by atoms with Gasteiger partial charge in [-0.2, -0.15) is 5.10 Å². The summed E-state index contributed by atoms with van der Waals surface area (Å²) in [5, 5.41) is 10.2. The van der Waals surface area contributed by atoms with Gasteiger partial charge in [0.05, 0.1) is 18.2 Å². The molecule has 1 amide bonds. The summed E-state index contributed by atoms with van der Waals surface area (Å²) in [7, 11) is 0. The number of carbonyl (C=O) groups is 1. The predicted molar refractivity (Wildman–Crippen MR) is 92.4 cm³/mol. The highest BCUT2D eigenvalue weighted by molar-refractivity contribution is 5.80. The van der Waals surface area contributed by atoms with E-state index in [2.05, 4.69) is 20.5 Å². The van der Waals surface area contributed by atoms with Gasteiger partial charge in [-0.15, -0.1) is 0 Å². The monoisotopic (exact) mass is 320 g/mol. The number of hydrogen-bond acceptors (Lipinski definition) is 3. The summed E-state index contributed by atoms with van der Waals surface area (Å²) >= 11 is 0. The van der Waals surface area contributed by atoms with Crippen LogP contribution in [0, 0.1) is 13.8 Å². The molecule has 122 valence electrons. The largest absolute Gasteiger partial charge is 0.345 e. The highest BCUT2D eigenvalue weighted by Gasteiger charge is 2.18. The standard InChI is InChI=1S/C19H20N4O/c1-13-17(14(2)23-22-13)12-18(24)21-19(15-6-4-3-5-7-15)16-8-10-20-11-9-16/h3-11,19H,12H2,1-2H3,(H,21,24)(H,22,23)/t19-/m0/s1. The van der Waals surface area contributed by atoms with Crippen LogP contribution in [0.4, 0.5) is 0 Å². The van der Waals surface area contributed by atoms with Crippen LogP contribution in [-0.4, -0.2) is 21.1 Å². The maximum atomic E-state index is 12.6. The van der Waals surface area contributed by atoms with Gasteiger partial charge in [-0.05, 0) is 37.1 Å². The van der Waals surface area contributed by atoms with Crippen molar-refractivity contribution in [3.05, 3.63) is 82.9 Å². The highest BCUT2D eigenvalue weighted by Crippen LogP contribution is 2.21. The summed E-state index contributed by atoms with van der Waals surface area (Å²) < 4.78 is 0. The lowest BCUT2D eigenvalue weighted by Crippen LogP contribution is -2.30. The Hall–Kier alpha value is -2.95. The van der Waals surface area contributed by atoms with Crippen molar-refractivity contribution >= 4 is 5.91 Å². The van der Waals surface area contributed by atoms with Crippen LogP contribution in [0.3, 0.4) is 0 Å². The summed E-state index contributed by atoms with van der Waals surface area (Å²) in [6.07, 6.45) is 3.78. The third-order valence-electron chi connectivity index (χ3n) is 4.10. The molecule has 0 fully saturated rings. The predicted octanol–water partition coefficient (Wildman–Crippen LogP) is 2.87. The molecule has 2 aromatic heterocycles. The average Bonchev–Trinajstić information content (AvgIpc) is 2.93. The maximum Gasteiger partial charge on any atom is 0.225 e. The van der Waals surface area contributed by atoms with Crippen LogP contribution in [0.5, 0.6) is 0 Å². The Morgan fingerprint density at radius 2 is 1.75 bits per heavy atom. The molecule has 3 aromatic rings. The van der Waals surface area contributed by atoms with E-state index < -0.39 is 0 Å². The van der Waals surface area contributed by atoms with Gasteiger partial charge in [-0.25, -0.2) is 0 Å². The number of nitrogens with one attached hydrogen (secondary N) is 2. The number of hydrogen-bond donors (Lipinski definition) is 2. The molecule has 2 heterocycles. The van der Waals surface area contributed by atoms with Gasteiger partial charge < -0.3 is 5.32 Å². The van der Waals surface area contributed by atoms with Crippen LogP contribution >= 0.6 is 0 Å². The van der Waals surface area contributed by atoms with Gasteiger partial charge in [-0.3, -0.25) is 14.9 Å². The van der Waals surface area contributed by atoms with Crippen molar-refractivity contribution in [2.75, 3.05) is 0 Å². The van der Waals surface area contributed by atoms with E-state index in [4.69, 9.17) is 0 Å². The van der Waals surface area contributed by atoms with Crippen LogP contribution < -0.4 is 5.32 Å². The third-order valence-corrected chi connectivity index (χ3v) is 4.10. The lowest BCUT2D eigenvalue weighted by atomic mass is 9.99. The SMILES string of the molecule is Cc1n[nH]c(C)c1CC(=O)N[C@@H](c1ccccc1)c1ccncc1. The molecule has 0 aliphatic rings. The molecule has 2 N–H and O–H groups in total. The molecule has 0 unspecified atom stereocenters. The Morgan fingerprint density at radius 1 is 1.08 bits per heavy atom. The minimum atomic E-state index is -0.200. The Bertz CT molecular complexity index is 753. The molecule has 24 heavy (non-hydrogen) atoms. The number of nitrogens with zero attached hydrogens (tertiary/aromatic N) is 2. The van der Waals surface area contributed by atoms with Crippen LogP contribution in [0.15, 0.2) is 54.9 Å². The lowest BCUT2D eigenvalue weighted by molar-refractivity contribution is -0.121. The third kappa shape index (κ3) is 3.51. The Labute approximate surface area is 141 Å². The number of rotatable bonds is 5. The summed E-state index contributed by atoms with van der Waals surface area (Å²) in [6, 6.07) is 13.6. The van der Waals surface area contributed by atoms with Gasteiger partial charge in [-0.1, -0.05) is 30.3 Å². The first-order valence-electron chi connectivity index (χ1n) is 7.90. The van der Waals surface area contributed by atoms with E-state index in [1.165, 1.54) is 0 Å². The fourth-order valence-electron chi connectivity index (χ4n) is 2.77. The number of pyridine rings is 1. The Balaban J connectivity index is 1.83. The van der Waals surface area contributed by atoms with E-state index in [9.17, 15) is 4.79 Å². The average molecular weight is 320 g/mol. The van der Waals surface area contributed by atoms with Gasteiger partial charge in [0.2, 0.25) is 5.91 Å². The van der Waals surface area contributed by atoms with Crippen molar-refractivity contribution in [1.29, 1.82) is 0 Å². The number of aryl methyl sites for hydroxylation is 2. The van der Waals surface area contributed by atoms with Crippen molar-refractivity contribution in [2.24, 2.45) is 0 Å². The number of benzene rings is 1. The zero-order chi connectivity index (χ0) is 16.9. The number of aromatic nitrogens is 3. The minimum Gasteiger partial charge on any atom is -0.345 e. The first-order valence-corrected chi connectivity index (χ1v) is 7.90. The molecule has 0 aliphatic heterocycles. The van der Waals surface area contributed by atoms with E-state index in [-0.39, 0.29) is 11.9 Å². The van der Waals surface area contributed by atoms with E-state index in [1.807, 2.05) is 56.3 Å². The van der Waals surface area contributed by atoms with Crippen LogP contribution in [0.1, 0.15) is 34.1 Å².